The molecular weight excluding hydrogens is 460 g/mol. The van der Waals surface area contributed by atoms with Gasteiger partial charge in [0, 0.05) is 43.4 Å². The SMILES string of the molecule is c1ccc(-c2ccc3[nH]c4cc5c6cc(-c7ccccc7)ccc6n6c7ccccc7c(c4c3c2)c56)cc1. The zero-order chi connectivity index (χ0) is 24.8. The molecule has 0 saturated heterocycles. The second kappa shape index (κ2) is 7.24. The molecule has 9 aromatic rings. The summed E-state index contributed by atoms with van der Waals surface area (Å²) in [5.41, 5.74) is 11.2. The quantitative estimate of drug-likeness (QED) is 0.253. The average molecular weight is 483 g/mol. The summed E-state index contributed by atoms with van der Waals surface area (Å²) in [6.07, 6.45) is 0. The number of hydrogen-bond donors (Lipinski definition) is 1. The fourth-order valence-corrected chi connectivity index (χ4v) is 6.57. The van der Waals surface area contributed by atoms with Gasteiger partial charge in [0.1, 0.15) is 0 Å². The Bertz CT molecular complexity index is 2270. The number of rotatable bonds is 2. The number of aromatic nitrogens is 2. The molecular formula is C36H22N2. The van der Waals surface area contributed by atoms with Crippen molar-refractivity contribution in [2.75, 3.05) is 0 Å². The molecule has 1 N–H and O–H groups in total. The first-order chi connectivity index (χ1) is 18.8. The smallest absolute Gasteiger partial charge is 0.0628 e. The molecule has 0 atom stereocenters. The number of aromatic amines is 1. The van der Waals surface area contributed by atoms with E-state index in [0.29, 0.717) is 0 Å². The summed E-state index contributed by atoms with van der Waals surface area (Å²) in [4.78, 5) is 3.77. The second-order valence-electron chi connectivity index (χ2n) is 10.3. The van der Waals surface area contributed by atoms with Crippen LogP contribution >= 0.6 is 0 Å². The Morgan fingerprint density at radius 2 is 1.03 bits per heavy atom. The molecule has 0 unspecified atom stereocenters. The van der Waals surface area contributed by atoms with Gasteiger partial charge in [-0.25, -0.2) is 0 Å². The van der Waals surface area contributed by atoms with Crippen LogP contribution in [0.15, 0.2) is 127 Å². The monoisotopic (exact) mass is 482 g/mol. The number of nitrogens with one attached hydrogen (secondary N) is 1. The molecule has 0 spiro atoms. The molecule has 2 nitrogen and oxygen atoms in total. The Kier molecular flexibility index (Phi) is 3.82. The third-order valence-electron chi connectivity index (χ3n) is 8.24. The number of fused-ring (bicyclic) bond motifs is 10. The van der Waals surface area contributed by atoms with Crippen molar-refractivity contribution in [1.82, 2.24) is 9.38 Å². The molecule has 6 aromatic carbocycles. The molecule has 176 valence electrons. The van der Waals surface area contributed by atoms with Gasteiger partial charge in [-0.2, -0.15) is 0 Å². The largest absolute Gasteiger partial charge is 0.354 e. The minimum atomic E-state index is 1.17. The van der Waals surface area contributed by atoms with Crippen molar-refractivity contribution in [2.45, 2.75) is 0 Å². The van der Waals surface area contributed by atoms with Crippen molar-refractivity contribution in [3.8, 4) is 22.3 Å². The molecule has 2 heteroatoms. The Morgan fingerprint density at radius 3 is 1.79 bits per heavy atom. The van der Waals surface area contributed by atoms with Gasteiger partial charge in [0.15, 0.2) is 0 Å². The molecule has 3 aromatic heterocycles. The molecule has 0 aliphatic carbocycles. The van der Waals surface area contributed by atoms with E-state index in [2.05, 4.69) is 137 Å². The average Bonchev–Trinajstić information content (AvgIpc) is 3.63. The van der Waals surface area contributed by atoms with Crippen LogP contribution in [-0.2, 0) is 0 Å². The Labute approximate surface area is 218 Å². The van der Waals surface area contributed by atoms with Crippen molar-refractivity contribution in [2.24, 2.45) is 0 Å². The van der Waals surface area contributed by atoms with E-state index >= 15 is 0 Å². The third-order valence-corrected chi connectivity index (χ3v) is 8.24. The highest BCUT2D eigenvalue weighted by Gasteiger charge is 2.22. The van der Waals surface area contributed by atoms with Crippen LogP contribution < -0.4 is 0 Å². The zero-order valence-electron chi connectivity index (χ0n) is 20.6. The number of hydrogen-bond acceptors (Lipinski definition) is 0. The van der Waals surface area contributed by atoms with Crippen molar-refractivity contribution in [3.63, 3.8) is 0 Å². The van der Waals surface area contributed by atoms with Crippen LogP contribution in [0.25, 0.3) is 82.2 Å². The maximum Gasteiger partial charge on any atom is 0.0628 e. The van der Waals surface area contributed by atoms with Crippen molar-refractivity contribution >= 4 is 59.9 Å². The molecule has 3 heterocycles. The second-order valence-corrected chi connectivity index (χ2v) is 10.3. The first-order valence-corrected chi connectivity index (χ1v) is 13.1. The third kappa shape index (κ3) is 2.56. The predicted molar refractivity (Wildman–Crippen MR) is 161 cm³/mol. The number of benzene rings is 6. The van der Waals surface area contributed by atoms with Gasteiger partial charge >= 0.3 is 0 Å². The van der Waals surface area contributed by atoms with E-state index < -0.39 is 0 Å². The summed E-state index contributed by atoms with van der Waals surface area (Å²) in [5, 5.41) is 7.81. The maximum atomic E-state index is 3.77. The van der Waals surface area contributed by atoms with E-state index in [1.165, 1.54) is 82.2 Å². The topological polar surface area (TPSA) is 20.2 Å². The van der Waals surface area contributed by atoms with E-state index in [9.17, 15) is 0 Å². The van der Waals surface area contributed by atoms with Crippen molar-refractivity contribution in [3.05, 3.63) is 127 Å². The molecule has 0 fully saturated rings. The van der Waals surface area contributed by atoms with Gasteiger partial charge in [0.2, 0.25) is 0 Å². The summed E-state index contributed by atoms with van der Waals surface area (Å²) >= 11 is 0. The molecule has 0 amide bonds. The van der Waals surface area contributed by atoms with Crippen LogP contribution in [0.4, 0.5) is 0 Å². The van der Waals surface area contributed by atoms with Crippen LogP contribution in [0, 0.1) is 0 Å². The summed E-state index contributed by atoms with van der Waals surface area (Å²) < 4.78 is 2.48. The van der Waals surface area contributed by atoms with Gasteiger partial charge in [-0.05, 0) is 58.7 Å². The van der Waals surface area contributed by atoms with E-state index in [1.807, 2.05) is 0 Å². The molecule has 0 saturated carbocycles. The summed E-state index contributed by atoms with van der Waals surface area (Å²) in [6, 6.07) is 46.3. The Balaban J connectivity index is 1.46. The van der Waals surface area contributed by atoms with Crippen LogP contribution in [-0.4, -0.2) is 9.38 Å². The van der Waals surface area contributed by atoms with Crippen LogP contribution in [0.2, 0.25) is 0 Å². The normalized spacial score (nSPS) is 12.2. The minimum absolute atomic E-state index is 1.17. The van der Waals surface area contributed by atoms with E-state index in [0.717, 1.165) is 0 Å². The van der Waals surface area contributed by atoms with E-state index in [-0.39, 0.29) is 0 Å². The highest BCUT2D eigenvalue weighted by molar-refractivity contribution is 6.35. The summed E-state index contributed by atoms with van der Waals surface area (Å²) in [7, 11) is 0. The lowest BCUT2D eigenvalue weighted by Crippen LogP contribution is -1.81. The lowest BCUT2D eigenvalue weighted by atomic mass is 9.98. The molecule has 0 aliphatic rings. The number of para-hydroxylation sites is 1. The van der Waals surface area contributed by atoms with Crippen molar-refractivity contribution in [1.29, 1.82) is 0 Å². The van der Waals surface area contributed by atoms with Gasteiger partial charge in [-0.15, -0.1) is 0 Å². The molecule has 0 radical (unpaired) electrons. The van der Waals surface area contributed by atoms with Gasteiger partial charge in [0.05, 0.1) is 16.6 Å². The summed E-state index contributed by atoms with van der Waals surface area (Å²) in [6.45, 7) is 0. The van der Waals surface area contributed by atoms with Gasteiger partial charge in [-0.1, -0.05) is 91.0 Å². The lowest BCUT2D eigenvalue weighted by Gasteiger charge is -2.04. The first-order valence-electron chi connectivity index (χ1n) is 13.1. The fraction of sp³-hybridized carbons (Fsp3) is 0. The van der Waals surface area contributed by atoms with Crippen LogP contribution in [0.3, 0.4) is 0 Å². The van der Waals surface area contributed by atoms with Crippen LogP contribution in [0.5, 0.6) is 0 Å². The van der Waals surface area contributed by atoms with E-state index in [1.54, 1.807) is 0 Å². The predicted octanol–water partition coefficient (Wildman–Crippen LogP) is 9.81. The number of H-pyrrole nitrogens is 1. The summed E-state index contributed by atoms with van der Waals surface area (Å²) in [5.74, 6) is 0. The van der Waals surface area contributed by atoms with E-state index in [4.69, 9.17) is 0 Å². The fourth-order valence-electron chi connectivity index (χ4n) is 6.57. The standard InChI is InChI=1S/C36H22N2/c1-3-9-22(10-4-1)24-15-17-30-29(20-24)34-31(37-30)21-28-27-19-25(23-11-5-2-6-12-23)16-18-33(27)38-32-14-8-7-13-26(32)35(34)36(28)38/h1-21,37H. The zero-order valence-corrected chi connectivity index (χ0v) is 20.6. The highest BCUT2D eigenvalue weighted by atomic mass is 14.9. The minimum Gasteiger partial charge on any atom is -0.354 e. The van der Waals surface area contributed by atoms with Gasteiger partial charge in [0.25, 0.3) is 0 Å². The van der Waals surface area contributed by atoms with Crippen molar-refractivity contribution < 1.29 is 0 Å². The molecule has 9 rings (SSSR count). The Hall–Kier alpha value is -5.08. The Morgan fingerprint density at radius 1 is 0.395 bits per heavy atom. The molecule has 38 heavy (non-hydrogen) atoms. The van der Waals surface area contributed by atoms with Crippen LogP contribution in [0.1, 0.15) is 0 Å². The highest BCUT2D eigenvalue weighted by Crippen LogP contribution is 2.46. The number of nitrogens with zero attached hydrogens (tertiary/aromatic N) is 1. The lowest BCUT2D eigenvalue weighted by molar-refractivity contribution is 1.37. The van der Waals surface area contributed by atoms with Gasteiger partial charge in [-0.3, -0.25) is 0 Å². The van der Waals surface area contributed by atoms with Gasteiger partial charge < -0.3 is 9.38 Å². The molecule has 0 aliphatic heterocycles. The maximum absolute atomic E-state index is 3.77. The first kappa shape index (κ1) is 20.0. The molecule has 0 bridgehead atoms.